The Bertz CT molecular complexity index is 1040. The lowest BCUT2D eigenvalue weighted by molar-refractivity contribution is -0.130. The van der Waals surface area contributed by atoms with Crippen molar-refractivity contribution in [3.63, 3.8) is 0 Å². The molecule has 0 radical (unpaired) electrons. The van der Waals surface area contributed by atoms with Crippen molar-refractivity contribution in [1.82, 2.24) is 19.8 Å². The maximum atomic E-state index is 12.9. The summed E-state index contributed by atoms with van der Waals surface area (Å²) in [4.78, 5) is 14.6. The molecule has 12 heteroatoms. The Balaban J connectivity index is 1.73. The minimum absolute atomic E-state index is 0.0145. The number of carbonyl (C=O) groups excluding carboxylic acids is 1. The summed E-state index contributed by atoms with van der Waals surface area (Å²) in [6, 6.07) is 4.65. The van der Waals surface area contributed by atoms with Gasteiger partial charge in [-0.25, -0.2) is 13.1 Å². The molecule has 1 aliphatic rings. The molecule has 2 aromatic rings. The zero-order chi connectivity index (χ0) is 22.1. The molecule has 0 spiro atoms. The minimum Gasteiger partial charge on any atom is -0.338 e. The van der Waals surface area contributed by atoms with Crippen molar-refractivity contribution in [3.05, 3.63) is 28.2 Å². The van der Waals surface area contributed by atoms with Crippen molar-refractivity contribution in [2.24, 2.45) is 5.92 Å². The summed E-state index contributed by atoms with van der Waals surface area (Å²) in [7, 11) is -3.09. The average Bonchev–Trinajstić information content (AvgIpc) is 3.21. The summed E-state index contributed by atoms with van der Waals surface area (Å²) in [5.41, 5.74) is 0.537. The standard InChI is InChI=1S/C18H23Cl2N5O3S2/c1-11(2)8-24(13-5-6-30(27,28)10-13)16(26)9-29-18-23-22-17(25(18)21)14-7-12(19)3-4-15(14)20/h3-4,7,11,13H,5-6,8-10,21H2,1-2H3/t13-/m0/s1. The number of thioether (sulfide) groups is 1. The first kappa shape index (κ1) is 23.2. The van der Waals surface area contributed by atoms with Gasteiger partial charge < -0.3 is 10.7 Å². The van der Waals surface area contributed by atoms with Crippen LogP contribution >= 0.6 is 35.0 Å². The van der Waals surface area contributed by atoms with Crippen molar-refractivity contribution < 1.29 is 13.2 Å². The molecule has 1 fully saturated rings. The van der Waals surface area contributed by atoms with Gasteiger partial charge in [-0.15, -0.1) is 10.2 Å². The molecular formula is C18H23Cl2N5O3S2. The molecule has 1 saturated heterocycles. The van der Waals surface area contributed by atoms with Gasteiger partial charge in [-0.2, -0.15) is 0 Å². The van der Waals surface area contributed by atoms with Gasteiger partial charge in [0.2, 0.25) is 11.1 Å². The molecule has 0 saturated carbocycles. The zero-order valence-corrected chi connectivity index (χ0v) is 19.7. The average molecular weight is 492 g/mol. The van der Waals surface area contributed by atoms with Crippen LogP contribution in [-0.4, -0.2) is 63.9 Å². The lowest BCUT2D eigenvalue weighted by atomic mass is 10.1. The van der Waals surface area contributed by atoms with Crippen molar-refractivity contribution in [2.75, 3.05) is 29.6 Å². The summed E-state index contributed by atoms with van der Waals surface area (Å²) < 4.78 is 25.0. The van der Waals surface area contributed by atoms with E-state index in [1.165, 1.54) is 4.68 Å². The van der Waals surface area contributed by atoms with Crippen LogP contribution in [0.3, 0.4) is 0 Å². The first-order chi connectivity index (χ1) is 14.1. The van der Waals surface area contributed by atoms with E-state index in [0.717, 1.165) is 11.8 Å². The Morgan fingerprint density at radius 3 is 2.73 bits per heavy atom. The number of halogens is 2. The number of nitrogens with zero attached hydrogens (tertiary/aromatic N) is 4. The van der Waals surface area contributed by atoms with E-state index in [0.29, 0.717) is 39.6 Å². The number of hydrogen-bond donors (Lipinski definition) is 1. The first-order valence-corrected chi connectivity index (χ1v) is 12.9. The SMILES string of the molecule is CC(C)CN(C(=O)CSc1nnc(-c2cc(Cl)ccc2Cl)n1N)[C@H]1CCS(=O)(=O)C1. The van der Waals surface area contributed by atoms with Crippen LogP contribution in [0.5, 0.6) is 0 Å². The molecule has 30 heavy (non-hydrogen) atoms. The molecule has 1 aromatic carbocycles. The highest BCUT2D eigenvalue weighted by Crippen LogP contribution is 2.30. The van der Waals surface area contributed by atoms with Gasteiger partial charge in [-0.05, 0) is 30.5 Å². The second-order valence-corrected chi connectivity index (χ2v) is 11.6. The third-order valence-electron chi connectivity index (χ3n) is 4.69. The Morgan fingerprint density at radius 1 is 1.37 bits per heavy atom. The molecule has 0 aliphatic carbocycles. The molecule has 1 amide bonds. The lowest BCUT2D eigenvalue weighted by Crippen LogP contribution is -2.44. The second kappa shape index (κ2) is 9.33. The number of sulfone groups is 1. The van der Waals surface area contributed by atoms with Crippen LogP contribution in [0, 0.1) is 5.92 Å². The van der Waals surface area contributed by atoms with Crippen molar-refractivity contribution in [2.45, 2.75) is 31.5 Å². The fourth-order valence-corrected chi connectivity index (χ4v) is 6.15. The maximum Gasteiger partial charge on any atom is 0.233 e. The zero-order valence-electron chi connectivity index (χ0n) is 16.6. The van der Waals surface area contributed by atoms with Crippen LogP contribution in [0.25, 0.3) is 11.4 Å². The first-order valence-electron chi connectivity index (χ1n) is 9.36. The predicted octanol–water partition coefficient (Wildman–Crippen LogP) is 2.73. The number of hydrogen-bond acceptors (Lipinski definition) is 7. The fraction of sp³-hybridized carbons (Fsp3) is 0.500. The molecule has 1 aromatic heterocycles. The van der Waals surface area contributed by atoms with E-state index >= 15 is 0 Å². The molecule has 2 heterocycles. The van der Waals surface area contributed by atoms with E-state index < -0.39 is 9.84 Å². The Kier molecular flexibility index (Phi) is 7.21. The number of nitrogen functional groups attached to an aromatic ring is 1. The van der Waals surface area contributed by atoms with Gasteiger partial charge >= 0.3 is 0 Å². The predicted molar refractivity (Wildman–Crippen MR) is 120 cm³/mol. The molecule has 164 valence electrons. The lowest BCUT2D eigenvalue weighted by Gasteiger charge is -2.29. The minimum atomic E-state index is -3.09. The van der Waals surface area contributed by atoms with Gasteiger partial charge in [0.15, 0.2) is 15.7 Å². The molecular weight excluding hydrogens is 469 g/mol. The molecule has 0 unspecified atom stereocenters. The molecule has 3 rings (SSSR count). The molecule has 2 N–H and O–H groups in total. The number of nitrogens with two attached hydrogens (primary N) is 1. The normalized spacial score (nSPS) is 18.1. The highest BCUT2D eigenvalue weighted by Gasteiger charge is 2.35. The number of amides is 1. The van der Waals surface area contributed by atoms with E-state index in [1.807, 2.05) is 13.8 Å². The second-order valence-electron chi connectivity index (χ2n) is 7.59. The highest BCUT2D eigenvalue weighted by atomic mass is 35.5. The largest absolute Gasteiger partial charge is 0.338 e. The van der Waals surface area contributed by atoms with Gasteiger partial charge in [-0.3, -0.25) is 4.79 Å². The van der Waals surface area contributed by atoms with Crippen LogP contribution in [0.2, 0.25) is 10.0 Å². The number of aromatic nitrogens is 3. The summed E-state index contributed by atoms with van der Waals surface area (Å²) in [5.74, 6) is 6.72. The van der Waals surface area contributed by atoms with Crippen LogP contribution in [0.15, 0.2) is 23.4 Å². The molecule has 1 atom stereocenters. The summed E-state index contributed by atoms with van der Waals surface area (Å²) in [6.07, 6.45) is 0.468. The molecule has 1 aliphatic heterocycles. The smallest absolute Gasteiger partial charge is 0.233 e. The molecule has 0 bridgehead atoms. The van der Waals surface area contributed by atoms with E-state index in [4.69, 9.17) is 29.0 Å². The summed E-state index contributed by atoms with van der Waals surface area (Å²) >= 11 is 13.4. The van der Waals surface area contributed by atoms with Crippen molar-refractivity contribution in [3.8, 4) is 11.4 Å². The van der Waals surface area contributed by atoms with Gasteiger partial charge in [0.1, 0.15) is 0 Å². The third-order valence-corrected chi connectivity index (χ3v) is 7.93. The van der Waals surface area contributed by atoms with Gasteiger partial charge in [0.25, 0.3) is 0 Å². The van der Waals surface area contributed by atoms with Crippen LogP contribution in [-0.2, 0) is 14.6 Å². The van der Waals surface area contributed by atoms with Crippen molar-refractivity contribution >= 4 is 50.7 Å². The number of carbonyl (C=O) groups is 1. The molecule has 8 nitrogen and oxygen atoms in total. The van der Waals surface area contributed by atoms with Gasteiger partial charge in [0.05, 0.1) is 22.3 Å². The third kappa shape index (κ3) is 5.40. The quantitative estimate of drug-likeness (QED) is 0.467. The topological polar surface area (TPSA) is 111 Å². The van der Waals surface area contributed by atoms with Gasteiger partial charge in [-0.1, -0.05) is 48.8 Å². The Morgan fingerprint density at radius 2 is 2.10 bits per heavy atom. The van der Waals surface area contributed by atoms with E-state index in [2.05, 4.69) is 10.2 Å². The number of benzene rings is 1. The summed E-state index contributed by atoms with van der Waals surface area (Å²) in [5, 5.41) is 9.39. The summed E-state index contributed by atoms with van der Waals surface area (Å²) in [6.45, 7) is 4.49. The van der Waals surface area contributed by atoms with E-state index in [9.17, 15) is 13.2 Å². The monoisotopic (exact) mass is 491 g/mol. The van der Waals surface area contributed by atoms with Crippen molar-refractivity contribution in [1.29, 1.82) is 0 Å². The van der Waals surface area contributed by atoms with Crippen LogP contribution in [0.4, 0.5) is 0 Å². The van der Waals surface area contributed by atoms with E-state index in [1.54, 1.807) is 23.1 Å². The Labute approximate surface area is 190 Å². The highest BCUT2D eigenvalue weighted by molar-refractivity contribution is 7.99. The van der Waals surface area contributed by atoms with Crippen LogP contribution < -0.4 is 5.84 Å². The maximum absolute atomic E-state index is 12.9. The Hall–Kier alpha value is -1.49. The fourth-order valence-electron chi connectivity index (χ4n) is 3.31. The van der Waals surface area contributed by atoms with E-state index in [-0.39, 0.29) is 35.1 Å². The van der Waals surface area contributed by atoms with Gasteiger partial charge in [0, 0.05) is 23.2 Å². The van der Waals surface area contributed by atoms with Crippen LogP contribution in [0.1, 0.15) is 20.3 Å². The number of rotatable bonds is 7.